The number of carbonyl (C=O) groups is 1. The fourth-order valence-corrected chi connectivity index (χ4v) is 3.64. The molecular weight excluding hydrogens is 393 g/mol. The molecule has 2 fully saturated rings. The van der Waals surface area contributed by atoms with E-state index in [2.05, 4.69) is 15.5 Å². The fourth-order valence-electron chi connectivity index (χ4n) is 3.64. The van der Waals surface area contributed by atoms with Crippen molar-refractivity contribution >= 4 is 30.7 Å². The van der Waals surface area contributed by atoms with E-state index in [9.17, 15) is 4.79 Å². The molecule has 1 atom stereocenters. The van der Waals surface area contributed by atoms with E-state index >= 15 is 0 Å². The van der Waals surface area contributed by atoms with Crippen LogP contribution in [0.4, 0.5) is 0 Å². The Morgan fingerprint density at radius 1 is 1.30 bits per heavy atom. The summed E-state index contributed by atoms with van der Waals surface area (Å²) < 4.78 is 16.9. The molecule has 0 aliphatic carbocycles. The van der Waals surface area contributed by atoms with Crippen LogP contribution in [-0.2, 0) is 14.3 Å². The Bertz CT molecular complexity index is 573. The number of halogens is 2. The number of hydrogen-bond acceptors (Lipinski definition) is 6. The van der Waals surface area contributed by atoms with Crippen LogP contribution in [0.2, 0.25) is 0 Å². The maximum Gasteiger partial charge on any atom is 0.252 e. The second-order valence-electron chi connectivity index (χ2n) is 6.77. The van der Waals surface area contributed by atoms with Crippen LogP contribution in [0.15, 0.2) is 16.5 Å². The lowest BCUT2D eigenvalue weighted by molar-refractivity contribution is -0.147. The summed E-state index contributed by atoms with van der Waals surface area (Å²) in [5.74, 6) is 1.74. The Labute approximate surface area is 173 Å². The molecule has 156 valence electrons. The van der Waals surface area contributed by atoms with E-state index in [-0.39, 0.29) is 36.8 Å². The van der Waals surface area contributed by atoms with E-state index in [0.29, 0.717) is 32.6 Å². The first kappa shape index (κ1) is 24.2. The number of rotatable bonds is 6. The average Bonchev–Trinajstić information content (AvgIpc) is 3.09. The molecule has 0 spiro atoms. The van der Waals surface area contributed by atoms with E-state index < -0.39 is 5.60 Å². The van der Waals surface area contributed by atoms with Crippen molar-refractivity contribution in [3.05, 3.63) is 23.7 Å². The van der Waals surface area contributed by atoms with Gasteiger partial charge in [0.1, 0.15) is 17.1 Å². The Hall–Kier alpha value is -0.830. The molecule has 3 rings (SSSR count). The maximum atomic E-state index is 12.8. The van der Waals surface area contributed by atoms with Gasteiger partial charge in [0.2, 0.25) is 0 Å². The van der Waals surface area contributed by atoms with Crippen LogP contribution in [-0.4, -0.2) is 69.5 Å². The first-order chi connectivity index (χ1) is 12.1. The Morgan fingerprint density at radius 2 is 1.96 bits per heavy atom. The number of methoxy groups -OCH3 is 1. The van der Waals surface area contributed by atoms with E-state index in [1.165, 1.54) is 0 Å². The largest absolute Gasteiger partial charge is 0.465 e. The van der Waals surface area contributed by atoms with Crippen molar-refractivity contribution < 1.29 is 18.7 Å². The summed E-state index contributed by atoms with van der Waals surface area (Å²) in [6.45, 7) is 7.11. The third-order valence-corrected chi connectivity index (χ3v) is 5.25. The Kier molecular flexibility index (Phi) is 10.1. The zero-order valence-electron chi connectivity index (χ0n) is 16.0. The van der Waals surface area contributed by atoms with Crippen molar-refractivity contribution in [2.45, 2.75) is 31.4 Å². The summed E-state index contributed by atoms with van der Waals surface area (Å²) in [7, 11) is 1.63. The lowest BCUT2D eigenvalue weighted by atomic mass is 9.91. The highest BCUT2D eigenvalue weighted by Crippen LogP contribution is 2.26. The first-order valence-corrected chi connectivity index (χ1v) is 9.07. The molecule has 1 aromatic heterocycles. The highest BCUT2D eigenvalue weighted by molar-refractivity contribution is 5.86. The number of hydrogen-bond donors (Lipinski definition) is 2. The van der Waals surface area contributed by atoms with Gasteiger partial charge in [0.25, 0.3) is 5.91 Å². The minimum Gasteiger partial charge on any atom is -0.465 e. The third kappa shape index (κ3) is 5.82. The molecule has 1 unspecified atom stereocenters. The fraction of sp³-hybridized carbons (Fsp3) is 0.722. The number of ether oxygens (including phenoxy) is 2. The summed E-state index contributed by atoms with van der Waals surface area (Å²) in [5, 5.41) is 6.39. The van der Waals surface area contributed by atoms with Crippen molar-refractivity contribution in [2.24, 2.45) is 0 Å². The van der Waals surface area contributed by atoms with Gasteiger partial charge in [-0.15, -0.1) is 24.8 Å². The third-order valence-electron chi connectivity index (χ3n) is 5.25. The SMILES string of the molecule is COC1(C(=O)NCC(c2ccc(C)o2)N2CCOCC2)CCNCC1.Cl.Cl. The van der Waals surface area contributed by atoms with Gasteiger partial charge < -0.3 is 24.5 Å². The topological polar surface area (TPSA) is 76.0 Å². The number of morpholine rings is 1. The number of nitrogens with one attached hydrogen (secondary N) is 2. The molecule has 2 aliphatic heterocycles. The van der Waals surface area contributed by atoms with Crippen LogP contribution in [0, 0.1) is 6.92 Å². The predicted molar refractivity (Wildman–Crippen MR) is 108 cm³/mol. The van der Waals surface area contributed by atoms with Gasteiger partial charge in [0.15, 0.2) is 0 Å². The van der Waals surface area contributed by atoms with Gasteiger partial charge in [0.05, 0.1) is 19.3 Å². The van der Waals surface area contributed by atoms with Crippen molar-refractivity contribution in [2.75, 3.05) is 53.0 Å². The summed E-state index contributed by atoms with van der Waals surface area (Å²) in [6, 6.07) is 3.98. The van der Waals surface area contributed by atoms with Crippen LogP contribution in [0.25, 0.3) is 0 Å². The molecule has 7 nitrogen and oxygen atoms in total. The molecule has 9 heteroatoms. The molecule has 27 heavy (non-hydrogen) atoms. The summed E-state index contributed by atoms with van der Waals surface area (Å²) in [5.41, 5.74) is -0.722. The van der Waals surface area contributed by atoms with Crippen molar-refractivity contribution in [3.63, 3.8) is 0 Å². The highest BCUT2D eigenvalue weighted by atomic mass is 35.5. The number of aryl methyl sites for hydroxylation is 1. The maximum absolute atomic E-state index is 12.8. The molecule has 0 aromatic carbocycles. The summed E-state index contributed by atoms with van der Waals surface area (Å²) in [6.07, 6.45) is 1.38. The van der Waals surface area contributed by atoms with Gasteiger partial charge in [-0.2, -0.15) is 0 Å². The van der Waals surface area contributed by atoms with Gasteiger partial charge in [-0.1, -0.05) is 0 Å². The predicted octanol–water partition coefficient (Wildman–Crippen LogP) is 1.69. The molecular formula is C18H31Cl2N3O4. The molecule has 2 aliphatic rings. The number of piperidine rings is 1. The number of amides is 1. The standard InChI is InChI=1S/C18H29N3O4.2ClH/c1-14-3-4-16(25-14)15(21-9-11-24-12-10-21)13-20-17(22)18(23-2)5-7-19-8-6-18;;/h3-4,15,19H,5-13H2,1-2H3,(H,20,22);2*1H. The second-order valence-corrected chi connectivity index (χ2v) is 6.77. The molecule has 2 saturated heterocycles. The second kappa shape index (κ2) is 11.2. The van der Waals surface area contributed by atoms with Crippen molar-refractivity contribution in [1.82, 2.24) is 15.5 Å². The minimum absolute atomic E-state index is 0. The normalized spacial score (nSPS) is 20.8. The molecule has 1 aromatic rings. The molecule has 3 heterocycles. The Morgan fingerprint density at radius 3 is 2.52 bits per heavy atom. The van der Waals surface area contributed by atoms with Crippen molar-refractivity contribution in [1.29, 1.82) is 0 Å². The van der Waals surface area contributed by atoms with Gasteiger partial charge in [-0.05, 0) is 45.0 Å². The van der Waals surface area contributed by atoms with Gasteiger partial charge in [-0.25, -0.2) is 0 Å². The van der Waals surface area contributed by atoms with Gasteiger partial charge in [0, 0.05) is 26.7 Å². The van der Waals surface area contributed by atoms with E-state index in [1.807, 2.05) is 19.1 Å². The van der Waals surface area contributed by atoms with Gasteiger partial charge in [-0.3, -0.25) is 9.69 Å². The number of furan rings is 1. The number of nitrogens with zero attached hydrogens (tertiary/aromatic N) is 1. The Balaban J connectivity index is 0.00000182. The molecule has 1 amide bonds. The van der Waals surface area contributed by atoms with Gasteiger partial charge >= 0.3 is 0 Å². The molecule has 2 N–H and O–H groups in total. The highest BCUT2D eigenvalue weighted by Gasteiger charge is 2.40. The minimum atomic E-state index is -0.722. The molecule has 0 bridgehead atoms. The van der Waals surface area contributed by atoms with E-state index in [1.54, 1.807) is 7.11 Å². The van der Waals surface area contributed by atoms with E-state index in [0.717, 1.165) is 37.7 Å². The quantitative estimate of drug-likeness (QED) is 0.724. The molecule has 0 radical (unpaired) electrons. The van der Waals surface area contributed by atoms with Crippen LogP contribution in [0.5, 0.6) is 0 Å². The lowest BCUT2D eigenvalue weighted by Crippen LogP contribution is -2.55. The monoisotopic (exact) mass is 423 g/mol. The van der Waals surface area contributed by atoms with Crippen LogP contribution < -0.4 is 10.6 Å². The molecule has 0 saturated carbocycles. The lowest BCUT2D eigenvalue weighted by Gasteiger charge is -2.37. The zero-order valence-corrected chi connectivity index (χ0v) is 17.6. The first-order valence-electron chi connectivity index (χ1n) is 9.07. The number of carbonyl (C=O) groups excluding carboxylic acids is 1. The van der Waals surface area contributed by atoms with Crippen molar-refractivity contribution in [3.8, 4) is 0 Å². The summed E-state index contributed by atoms with van der Waals surface area (Å²) >= 11 is 0. The summed E-state index contributed by atoms with van der Waals surface area (Å²) in [4.78, 5) is 15.1. The van der Waals surface area contributed by atoms with Crippen LogP contribution in [0.3, 0.4) is 0 Å². The van der Waals surface area contributed by atoms with Crippen LogP contribution in [0.1, 0.15) is 30.4 Å². The van der Waals surface area contributed by atoms with E-state index in [4.69, 9.17) is 13.9 Å². The zero-order chi connectivity index (χ0) is 17.7. The van der Waals surface area contributed by atoms with Crippen LogP contribution >= 0.6 is 24.8 Å². The average molecular weight is 424 g/mol. The smallest absolute Gasteiger partial charge is 0.252 e.